The van der Waals surface area contributed by atoms with E-state index in [2.05, 4.69) is 15.3 Å². The van der Waals surface area contributed by atoms with Crippen LogP contribution in [0.5, 0.6) is 0 Å². The average molecular weight is 435 g/mol. The fraction of sp³-hybridized carbons (Fsp3) is 0.286. The number of hydrogen-bond acceptors (Lipinski definition) is 4. The number of benzene rings is 2. The first-order valence-corrected chi connectivity index (χ1v) is 9.85. The van der Waals surface area contributed by atoms with E-state index in [0.717, 1.165) is 0 Å². The molecule has 0 bridgehead atoms. The Labute approximate surface area is 175 Å². The number of alkyl halides is 3. The highest BCUT2D eigenvalue weighted by atomic mass is 35.5. The van der Waals surface area contributed by atoms with Gasteiger partial charge in [0.25, 0.3) is 0 Å². The first-order valence-electron chi connectivity index (χ1n) is 9.47. The topological polar surface area (TPSA) is 58.1 Å². The molecule has 2 aromatic carbocycles. The van der Waals surface area contributed by atoms with Crippen LogP contribution < -0.4 is 10.2 Å². The molecule has 0 aliphatic carbocycles. The maximum atomic E-state index is 13.7. The lowest BCUT2D eigenvalue weighted by molar-refractivity contribution is -0.140. The Balaban J connectivity index is 1.62. The highest BCUT2D eigenvalue weighted by Gasteiger charge is 2.40. The van der Waals surface area contributed by atoms with Crippen LogP contribution in [0.1, 0.15) is 18.5 Å². The standard InChI is InChI=1S/C21H18ClF3N4O/c22-14-7-1-2-8-15(14)28-20(30)13-6-5-11-29(12-13)19-18(21(23,24)25)26-16-9-3-4-10-17(16)27-19/h1-4,7-10,13H,5-6,11-12H2,(H,28,30)/t13-/m1/s1. The normalized spacial score (nSPS) is 17.2. The summed E-state index contributed by atoms with van der Waals surface area (Å²) in [5.41, 5.74) is -0.00197. The van der Waals surface area contributed by atoms with Crippen LogP contribution in [0.25, 0.3) is 11.0 Å². The second kappa shape index (κ2) is 8.10. The summed E-state index contributed by atoms with van der Waals surface area (Å²) in [4.78, 5) is 22.3. The maximum Gasteiger partial charge on any atom is 0.437 e. The van der Waals surface area contributed by atoms with E-state index < -0.39 is 17.8 Å². The fourth-order valence-corrected chi connectivity index (χ4v) is 3.77. The molecule has 1 aromatic heterocycles. The number of carbonyl (C=O) groups excluding carboxylic acids is 1. The van der Waals surface area contributed by atoms with Gasteiger partial charge in [-0.1, -0.05) is 35.9 Å². The van der Waals surface area contributed by atoms with Gasteiger partial charge in [0, 0.05) is 13.1 Å². The van der Waals surface area contributed by atoms with Gasteiger partial charge in [-0.05, 0) is 37.1 Å². The third kappa shape index (κ3) is 4.18. The monoisotopic (exact) mass is 434 g/mol. The molecule has 1 aliphatic heterocycles. The van der Waals surface area contributed by atoms with E-state index in [0.29, 0.717) is 35.6 Å². The third-order valence-corrected chi connectivity index (χ3v) is 5.37. The number of halogens is 4. The summed E-state index contributed by atoms with van der Waals surface area (Å²) in [5, 5.41) is 3.17. The molecule has 4 rings (SSSR count). The van der Waals surface area contributed by atoms with Crippen LogP contribution in [-0.4, -0.2) is 29.0 Å². The smallest absolute Gasteiger partial charge is 0.354 e. The summed E-state index contributed by atoms with van der Waals surface area (Å²) in [5.74, 6) is -1.02. The SMILES string of the molecule is O=C(Nc1ccccc1Cl)[C@@H]1CCCN(c2nc3ccccc3nc2C(F)(F)F)C1. The van der Waals surface area contributed by atoms with Gasteiger partial charge in [0.05, 0.1) is 27.7 Å². The number of rotatable bonds is 3. The molecular formula is C21H18ClF3N4O. The number of amides is 1. The van der Waals surface area contributed by atoms with Crippen molar-refractivity contribution in [3.63, 3.8) is 0 Å². The highest BCUT2D eigenvalue weighted by Crippen LogP contribution is 2.37. The van der Waals surface area contributed by atoms with Gasteiger partial charge in [-0.15, -0.1) is 0 Å². The van der Waals surface area contributed by atoms with Crippen LogP contribution in [-0.2, 0) is 11.0 Å². The number of carbonyl (C=O) groups is 1. The molecule has 1 aliphatic rings. The minimum absolute atomic E-state index is 0.117. The zero-order valence-corrected chi connectivity index (χ0v) is 16.5. The summed E-state index contributed by atoms with van der Waals surface area (Å²) < 4.78 is 41.1. The Morgan fingerprint density at radius 2 is 1.73 bits per heavy atom. The van der Waals surface area contributed by atoms with Crippen molar-refractivity contribution in [1.29, 1.82) is 0 Å². The summed E-state index contributed by atoms with van der Waals surface area (Å²) >= 11 is 6.09. The molecule has 156 valence electrons. The van der Waals surface area contributed by atoms with Gasteiger partial charge in [0.1, 0.15) is 0 Å². The van der Waals surface area contributed by atoms with E-state index in [4.69, 9.17) is 11.6 Å². The van der Waals surface area contributed by atoms with Crippen LogP contribution in [0.3, 0.4) is 0 Å². The maximum absolute atomic E-state index is 13.7. The van der Waals surface area contributed by atoms with Crippen LogP contribution in [0.15, 0.2) is 48.5 Å². The summed E-state index contributed by atoms with van der Waals surface area (Å²) in [7, 11) is 0. The zero-order valence-electron chi connectivity index (χ0n) is 15.8. The summed E-state index contributed by atoms with van der Waals surface area (Å²) in [6.45, 7) is 0.484. The predicted octanol–water partition coefficient (Wildman–Crippen LogP) is 5.16. The average Bonchev–Trinajstić information content (AvgIpc) is 2.74. The number of para-hydroxylation sites is 3. The van der Waals surface area contributed by atoms with Gasteiger partial charge in [0.2, 0.25) is 5.91 Å². The van der Waals surface area contributed by atoms with Gasteiger partial charge < -0.3 is 10.2 Å². The van der Waals surface area contributed by atoms with Crippen molar-refractivity contribution in [2.45, 2.75) is 19.0 Å². The molecule has 0 saturated carbocycles. The van der Waals surface area contributed by atoms with E-state index in [1.807, 2.05) is 0 Å². The number of hydrogen-bond donors (Lipinski definition) is 1. The Morgan fingerprint density at radius 1 is 1.07 bits per heavy atom. The first kappa shape index (κ1) is 20.4. The molecule has 1 saturated heterocycles. The lowest BCUT2D eigenvalue weighted by Crippen LogP contribution is -2.42. The molecular weight excluding hydrogens is 417 g/mol. The first-order chi connectivity index (χ1) is 14.3. The number of anilines is 2. The van der Waals surface area contributed by atoms with Crippen LogP contribution in [0.2, 0.25) is 5.02 Å². The van der Waals surface area contributed by atoms with Crippen LogP contribution in [0.4, 0.5) is 24.7 Å². The van der Waals surface area contributed by atoms with Gasteiger partial charge in [-0.2, -0.15) is 13.2 Å². The molecule has 2 heterocycles. The van der Waals surface area contributed by atoms with E-state index >= 15 is 0 Å². The molecule has 0 radical (unpaired) electrons. The lowest BCUT2D eigenvalue weighted by atomic mass is 9.96. The van der Waals surface area contributed by atoms with Crippen molar-refractivity contribution in [3.05, 3.63) is 59.2 Å². The molecule has 0 unspecified atom stereocenters. The highest BCUT2D eigenvalue weighted by molar-refractivity contribution is 6.33. The Kier molecular flexibility index (Phi) is 5.51. The fourth-order valence-electron chi connectivity index (χ4n) is 3.58. The molecule has 1 N–H and O–H groups in total. The Hall–Kier alpha value is -2.87. The minimum Gasteiger partial charge on any atom is -0.354 e. The van der Waals surface area contributed by atoms with Gasteiger partial charge in [-0.3, -0.25) is 4.79 Å². The Bertz CT molecular complexity index is 1090. The number of piperidine rings is 1. The largest absolute Gasteiger partial charge is 0.437 e. The van der Waals surface area contributed by atoms with Crippen molar-refractivity contribution in [2.24, 2.45) is 5.92 Å². The van der Waals surface area contributed by atoms with Crippen molar-refractivity contribution in [1.82, 2.24) is 9.97 Å². The van der Waals surface area contributed by atoms with E-state index in [-0.39, 0.29) is 23.8 Å². The molecule has 9 heteroatoms. The number of nitrogens with zero attached hydrogens (tertiary/aromatic N) is 3. The second-order valence-corrected chi connectivity index (χ2v) is 7.54. The van der Waals surface area contributed by atoms with Crippen molar-refractivity contribution in [3.8, 4) is 0 Å². The van der Waals surface area contributed by atoms with Crippen LogP contribution >= 0.6 is 11.6 Å². The van der Waals surface area contributed by atoms with Crippen molar-refractivity contribution >= 4 is 40.0 Å². The summed E-state index contributed by atoms with van der Waals surface area (Å²) in [6, 6.07) is 13.3. The quantitative estimate of drug-likeness (QED) is 0.618. The molecule has 30 heavy (non-hydrogen) atoms. The zero-order chi connectivity index (χ0) is 21.3. The van der Waals surface area contributed by atoms with Gasteiger partial charge >= 0.3 is 6.18 Å². The predicted molar refractivity (Wildman–Crippen MR) is 110 cm³/mol. The number of aromatic nitrogens is 2. The number of nitrogens with one attached hydrogen (secondary N) is 1. The van der Waals surface area contributed by atoms with Crippen molar-refractivity contribution < 1.29 is 18.0 Å². The van der Waals surface area contributed by atoms with Crippen LogP contribution in [0, 0.1) is 5.92 Å². The molecule has 3 aromatic rings. The van der Waals surface area contributed by atoms with E-state index in [9.17, 15) is 18.0 Å². The van der Waals surface area contributed by atoms with Gasteiger partial charge in [0.15, 0.2) is 11.5 Å². The summed E-state index contributed by atoms with van der Waals surface area (Å²) in [6.07, 6.45) is -3.53. The van der Waals surface area contributed by atoms with E-state index in [1.165, 1.54) is 11.0 Å². The molecule has 1 fully saturated rings. The number of fused-ring (bicyclic) bond motifs is 1. The van der Waals surface area contributed by atoms with Gasteiger partial charge in [-0.25, -0.2) is 9.97 Å². The molecule has 1 atom stereocenters. The molecule has 0 spiro atoms. The molecule has 1 amide bonds. The molecule has 5 nitrogen and oxygen atoms in total. The van der Waals surface area contributed by atoms with E-state index in [1.54, 1.807) is 42.5 Å². The lowest BCUT2D eigenvalue weighted by Gasteiger charge is -2.34. The second-order valence-electron chi connectivity index (χ2n) is 7.14. The third-order valence-electron chi connectivity index (χ3n) is 5.04. The van der Waals surface area contributed by atoms with Crippen molar-refractivity contribution in [2.75, 3.05) is 23.3 Å². The Morgan fingerprint density at radius 3 is 2.43 bits per heavy atom. The minimum atomic E-state index is -4.65.